The molecule has 0 aromatic heterocycles. The molecule has 0 fully saturated rings. The minimum Gasteiger partial charge on any atom is -0.779 e. The monoisotopic (exact) mass is 376 g/mol. The number of quaternary nitrogens is 2. The van der Waals surface area contributed by atoms with Crippen LogP contribution in [0.5, 0.6) is 0 Å². The van der Waals surface area contributed by atoms with Crippen LogP contribution in [0.2, 0.25) is 0 Å². The van der Waals surface area contributed by atoms with Crippen LogP contribution in [0.4, 0.5) is 0 Å². The first-order valence-corrected chi connectivity index (χ1v) is 9.80. The molecule has 0 radical (unpaired) electrons. The van der Waals surface area contributed by atoms with Crippen molar-refractivity contribution in [3.05, 3.63) is 28.8 Å². The third-order valence-electron chi connectivity index (χ3n) is 4.20. The van der Waals surface area contributed by atoms with Crippen LogP contribution < -0.4 is 39.4 Å². The topological polar surface area (TPSA) is 8.88 Å². The van der Waals surface area contributed by atoms with Gasteiger partial charge in [-0.15, -0.1) is 0 Å². The largest absolute Gasteiger partial charge is 1.00 e. The zero-order valence-electron chi connectivity index (χ0n) is 18.7. The summed E-state index contributed by atoms with van der Waals surface area (Å²) in [4.78, 5) is 4.15. The van der Waals surface area contributed by atoms with Gasteiger partial charge in [0.2, 0.25) is 0 Å². The molecule has 1 rings (SSSR count). The van der Waals surface area contributed by atoms with Gasteiger partial charge in [0.05, 0.1) is 28.2 Å². The van der Waals surface area contributed by atoms with Crippen molar-refractivity contribution in [3.63, 3.8) is 0 Å². The molecule has 25 heavy (non-hydrogen) atoms. The van der Waals surface area contributed by atoms with Crippen LogP contribution in [0, 0.1) is 0 Å². The van der Waals surface area contributed by atoms with E-state index in [0.717, 1.165) is 4.90 Å². The van der Waals surface area contributed by atoms with Gasteiger partial charge in [-0.3, -0.25) is 0 Å². The quantitative estimate of drug-likeness (QED) is 0.490. The molecule has 0 unspecified atom stereocenters. The van der Waals surface area contributed by atoms with E-state index < -0.39 is 0 Å². The average Bonchev–Trinajstić information content (AvgIpc) is 2.45. The predicted molar refractivity (Wildman–Crippen MR) is 110 cm³/mol. The summed E-state index contributed by atoms with van der Waals surface area (Å²) in [5, 5.41) is 0. The van der Waals surface area contributed by atoms with Crippen molar-refractivity contribution >= 4 is 12.6 Å². The number of likely N-dealkylation sites (N-methyl/N-ethyl adjacent to an activating group) is 2. The molecule has 0 spiro atoms. The third kappa shape index (κ3) is 10.9. The molecule has 0 amide bonds. The Bertz CT molecular complexity index is 446. The van der Waals surface area contributed by atoms with Crippen molar-refractivity contribution in [3.8, 4) is 0 Å². The molecular formula is C21H41N2NaS+2. The van der Waals surface area contributed by atoms with Crippen LogP contribution in [-0.2, 0) is 12.6 Å². The van der Waals surface area contributed by atoms with Crippen molar-refractivity contribution in [2.45, 2.75) is 64.2 Å². The molecule has 0 heterocycles. The molecule has 1 aromatic carbocycles. The Morgan fingerprint density at radius 2 is 1.04 bits per heavy atom. The van der Waals surface area contributed by atoms with Crippen molar-refractivity contribution < 1.29 is 39.4 Å². The van der Waals surface area contributed by atoms with Gasteiger partial charge < -0.3 is 22.4 Å². The molecule has 0 aliphatic heterocycles. The van der Waals surface area contributed by atoms with Gasteiger partial charge in [0.25, 0.3) is 0 Å². The second kappa shape index (κ2) is 13.5. The van der Waals surface area contributed by atoms with E-state index in [1.165, 1.54) is 39.6 Å². The molecule has 1 aromatic rings. The van der Waals surface area contributed by atoms with Crippen LogP contribution in [0.15, 0.2) is 17.0 Å². The molecular weight excluding hydrogens is 335 g/mol. The molecule has 0 atom stereocenters. The van der Waals surface area contributed by atoms with Crippen LogP contribution in [0.1, 0.15) is 76.0 Å². The number of hydrogen-bond donors (Lipinski definition) is 2. The molecule has 2 N–H and O–H groups in total. The van der Waals surface area contributed by atoms with Gasteiger partial charge in [-0.25, -0.2) is 0 Å². The van der Waals surface area contributed by atoms with E-state index in [0.29, 0.717) is 17.8 Å². The zero-order valence-corrected chi connectivity index (χ0v) is 21.5. The molecule has 4 heteroatoms. The van der Waals surface area contributed by atoms with Crippen molar-refractivity contribution in [2.24, 2.45) is 0 Å². The summed E-state index contributed by atoms with van der Waals surface area (Å²) in [5.41, 5.74) is 4.09. The predicted octanol–water partition coefficient (Wildman–Crippen LogP) is -0.758. The Morgan fingerprint density at radius 1 is 0.720 bits per heavy atom. The summed E-state index contributed by atoms with van der Waals surface area (Å²) in [6.07, 6.45) is 0. The van der Waals surface area contributed by atoms with Gasteiger partial charge in [0, 0.05) is 0 Å². The number of nitrogens with one attached hydrogen (secondary N) is 2. The van der Waals surface area contributed by atoms with Gasteiger partial charge in [-0.1, -0.05) is 64.8 Å². The standard InChI is InChI=1S/C15H24S.C6H16N2.Na/c1-9(2)12-7-13(10(3)4)15(16)14(8-12)11(5)6;1-7(2)5-6-8(3)4;/h7-11,16H,1-6H3;5-6H2,1-4H3;/q;;+1/p+1. The maximum absolute atomic E-state index is 5.59. The zero-order chi connectivity index (χ0) is 19.0. The molecule has 0 aliphatic rings. The molecule has 0 saturated carbocycles. The van der Waals surface area contributed by atoms with E-state index in [1.807, 2.05) is 0 Å². The van der Waals surface area contributed by atoms with Gasteiger partial charge in [0.1, 0.15) is 13.1 Å². The molecule has 140 valence electrons. The first-order valence-electron chi connectivity index (χ1n) is 9.40. The Kier molecular flexibility index (Phi) is 14.9. The van der Waals surface area contributed by atoms with Crippen LogP contribution in [-0.4, -0.2) is 41.3 Å². The van der Waals surface area contributed by atoms with E-state index in [4.69, 9.17) is 12.6 Å². The van der Waals surface area contributed by atoms with Gasteiger partial charge in [-0.2, -0.15) is 4.90 Å². The van der Waals surface area contributed by atoms with Crippen LogP contribution in [0.3, 0.4) is 0 Å². The number of benzene rings is 1. The normalized spacial score (nSPS) is 11.2. The van der Waals surface area contributed by atoms with Gasteiger partial charge >= 0.3 is 29.6 Å². The van der Waals surface area contributed by atoms with Gasteiger partial charge in [-0.05, 0) is 23.3 Å². The summed E-state index contributed by atoms with van der Waals surface area (Å²) in [5.74, 6) is 1.61. The van der Waals surface area contributed by atoms with E-state index in [-0.39, 0.29) is 29.6 Å². The maximum atomic E-state index is 5.59. The summed E-state index contributed by atoms with van der Waals surface area (Å²) >= 11 is 5.59. The number of rotatable bonds is 6. The second-order valence-electron chi connectivity index (χ2n) is 8.41. The molecule has 0 saturated heterocycles. The summed E-state index contributed by atoms with van der Waals surface area (Å²) in [6, 6.07) is 4.59. The van der Waals surface area contributed by atoms with Gasteiger partial charge in [0.15, 0.2) is 0 Å². The Morgan fingerprint density at radius 3 is 1.24 bits per heavy atom. The third-order valence-corrected chi connectivity index (χ3v) is 4.68. The van der Waals surface area contributed by atoms with Crippen LogP contribution in [0.25, 0.3) is 0 Å². The summed E-state index contributed by atoms with van der Waals surface area (Å²) < 4.78 is 0. The van der Waals surface area contributed by atoms with Crippen molar-refractivity contribution in [2.75, 3.05) is 41.3 Å². The average molecular weight is 377 g/mol. The van der Waals surface area contributed by atoms with Crippen molar-refractivity contribution in [1.29, 1.82) is 0 Å². The fourth-order valence-corrected chi connectivity index (χ4v) is 2.98. The Balaban J connectivity index is 0. The number of hydrogen-bond acceptors (Lipinski definition) is 1. The summed E-state index contributed by atoms with van der Waals surface area (Å²) in [6.45, 7) is 15.9. The summed E-state index contributed by atoms with van der Waals surface area (Å²) in [7, 11) is 8.73. The molecule has 0 aliphatic carbocycles. The van der Waals surface area contributed by atoms with E-state index in [1.54, 1.807) is 0 Å². The maximum Gasteiger partial charge on any atom is 1.00 e. The smallest absolute Gasteiger partial charge is 0.779 e. The minimum absolute atomic E-state index is 0. The van der Waals surface area contributed by atoms with E-state index in [2.05, 4.69) is 81.9 Å². The first-order chi connectivity index (χ1) is 11.0. The second-order valence-corrected chi connectivity index (χ2v) is 8.82. The molecule has 2 nitrogen and oxygen atoms in total. The fourth-order valence-electron chi connectivity index (χ4n) is 2.39. The first kappa shape index (κ1) is 27.6. The fraction of sp³-hybridized carbons (Fsp3) is 0.714. The van der Waals surface area contributed by atoms with Crippen LogP contribution >= 0.6 is 0 Å². The Labute approximate surface area is 185 Å². The SMILES string of the molecule is CC(C)c1cc(C(C)C)c([S-])c(C(C)C)c1.C[NH+](C)CC[NH+](C)C.[Na+]. The molecule has 0 bridgehead atoms. The van der Waals surface area contributed by atoms with E-state index >= 15 is 0 Å². The van der Waals surface area contributed by atoms with Crippen molar-refractivity contribution in [1.82, 2.24) is 0 Å². The minimum atomic E-state index is 0. The van der Waals surface area contributed by atoms with E-state index in [9.17, 15) is 0 Å². The Hall–Kier alpha value is 0.360.